The van der Waals surface area contributed by atoms with Crippen LogP contribution in [0.2, 0.25) is 0 Å². The fourth-order valence-electron chi connectivity index (χ4n) is 3.39. The SMILES string of the molecule is C=C(NC(C)(C)C)C(=O)C(C)(C)C.CC(=O)C(=O)[O-].CC(C)(C)N[C@@H](CO)C(=O)C(C)(C)C.CC(C)N[C@@H](COP(=O)([O-])O)C(=O)C(C)C. The van der Waals surface area contributed by atoms with E-state index < -0.39 is 37.1 Å². The monoisotopic (exact) mass is 723 g/mol. The molecule has 0 aromatic rings. The second kappa shape index (κ2) is 22.5. The third-order valence-corrected chi connectivity index (χ3v) is 5.94. The Labute approximate surface area is 294 Å². The van der Waals surface area contributed by atoms with Crippen LogP contribution >= 0.6 is 7.82 Å². The Kier molecular flexibility index (Phi) is 24.5. The molecule has 0 saturated carbocycles. The summed E-state index contributed by atoms with van der Waals surface area (Å²) in [4.78, 5) is 72.8. The second-order valence-electron chi connectivity index (χ2n) is 16.2. The number of phosphoric acid groups is 1. The van der Waals surface area contributed by atoms with Gasteiger partial charge in [0.2, 0.25) is 0 Å². The van der Waals surface area contributed by atoms with Gasteiger partial charge in [0.05, 0.1) is 31.0 Å². The van der Waals surface area contributed by atoms with Gasteiger partial charge in [-0.15, -0.1) is 0 Å². The van der Waals surface area contributed by atoms with Crippen LogP contribution in [0.3, 0.4) is 0 Å². The smallest absolute Gasteiger partial charge is 0.265 e. The average Bonchev–Trinajstić information content (AvgIpc) is 2.86. The Morgan fingerprint density at radius 3 is 1.45 bits per heavy atom. The molecule has 14 nitrogen and oxygen atoms in total. The van der Waals surface area contributed by atoms with E-state index in [1.807, 2.05) is 96.9 Å². The molecule has 1 unspecified atom stereocenters. The lowest BCUT2D eigenvalue weighted by Gasteiger charge is -2.30. The topological polar surface area (TPSA) is 234 Å². The standard InChI is InChI=1S/C11H23NO2.C11H21NO.C9H20NO5P.C3H4O3/c1-10(2,3)9(14)8(7-13)12-11(4,5)6;1-8(12-11(5,6)7)9(13)10(2,3)4;1-6(2)9(11)8(10-7(3)4)5-15-16(12,13)14;1-2(4)3(5)6/h8,12-13H,7H2,1-6H3;12H,1H2,2-7H3;6-8,10H,5H2,1-4H3,(H2,12,13,14);1H3,(H,5,6)/p-2/t8-;;8-;/m0.0./s1. The average molecular weight is 724 g/mol. The number of aliphatic carboxylic acids is 1. The minimum Gasteiger partial charge on any atom is -0.756 e. The van der Waals surface area contributed by atoms with Crippen LogP contribution in [0.4, 0.5) is 0 Å². The van der Waals surface area contributed by atoms with E-state index in [0.29, 0.717) is 5.70 Å². The molecule has 0 radical (unpaired) electrons. The number of phosphoric ester groups is 1. The van der Waals surface area contributed by atoms with Gasteiger partial charge in [-0.2, -0.15) is 0 Å². The van der Waals surface area contributed by atoms with Gasteiger partial charge in [0, 0.05) is 40.8 Å². The zero-order valence-electron chi connectivity index (χ0n) is 32.9. The highest BCUT2D eigenvalue weighted by molar-refractivity contribution is 7.44. The van der Waals surface area contributed by atoms with Crippen molar-refractivity contribution in [2.75, 3.05) is 13.2 Å². The van der Waals surface area contributed by atoms with E-state index in [0.717, 1.165) is 6.92 Å². The molecule has 0 saturated heterocycles. The highest BCUT2D eigenvalue weighted by Crippen LogP contribution is 2.30. The molecule has 0 heterocycles. The van der Waals surface area contributed by atoms with Gasteiger partial charge in [-0.05, 0) is 41.5 Å². The Morgan fingerprint density at radius 1 is 0.816 bits per heavy atom. The number of Topliss-reactive ketones (excluding diaryl/α,β-unsaturated/α-hetero) is 4. The van der Waals surface area contributed by atoms with Gasteiger partial charge in [-0.3, -0.25) is 23.7 Å². The minimum atomic E-state index is -4.78. The van der Waals surface area contributed by atoms with Crippen molar-refractivity contribution < 1.29 is 53.1 Å². The fraction of sp³-hybridized carbons (Fsp3) is 0.794. The van der Waals surface area contributed by atoms with Crippen LogP contribution in [-0.2, 0) is 33.1 Å². The maximum atomic E-state index is 11.9. The number of carbonyl (C=O) groups excluding carboxylic acids is 5. The number of rotatable bonds is 13. The van der Waals surface area contributed by atoms with E-state index in [-0.39, 0.29) is 59.0 Å². The van der Waals surface area contributed by atoms with Crippen molar-refractivity contribution in [2.24, 2.45) is 16.7 Å². The van der Waals surface area contributed by atoms with Gasteiger partial charge in [0.25, 0.3) is 7.82 Å². The van der Waals surface area contributed by atoms with Crippen LogP contribution in [0.5, 0.6) is 0 Å². The van der Waals surface area contributed by atoms with Crippen molar-refractivity contribution >= 4 is 36.9 Å². The lowest BCUT2D eigenvalue weighted by molar-refractivity contribution is -0.299. The lowest BCUT2D eigenvalue weighted by Crippen LogP contribution is -2.52. The van der Waals surface area contributed by atoms with Gasteiger partial charge >= 0.3 is 0 Å². The van der Waals surface area contributed by atoms with Gasteiger partial charge in [-0.25, -0.2) is 0 Å². The number of carboxylic acids is 1. The summed E-state index contributed by atoms with van der Waals surface area (Å²) in [6.45, 7) is 34.5. The van der Waals surface area contributed by atoms with Crippen molar-refractivity contribution in [3.8, 4) is 0 Å². The molecule has 5 N–H and O–H groups in total. The Hall–Kier alpha value is -2.32. The Bertz CT molecular complexity index is 1110. The number of ketones is 4. The number of nitrogens with one attached hydrogen (secondary N) is 3. The third kappa shape index (κ3) is 32.6. The van der Waals surface area contributed by atoms with Crippen molar-refractivity contribution in [3.63, 3.8) is 0 Å². The highest BCUT2D eigenvalue weighted by atomic mass is 31.2. The summed E-state index contributed by atoms with van der Waals surface area (Å²) in [5.74, 6) is -2.82. The fourth-order valence-corrected chi connectivity index (χ4v) is 3.72. The molecule has 0 aromatic carbocycles. The summed E-state index contributed by atoms with van der Waals surface area (Å²) < 4.78 is 14.7. The van der Waals surface area contributed by atoms with E-state index in [1.165, 1.54) is 0 Å². The van der Waals surface area contributed by atoms with Crippen LogP contribution in [-0.4, -0.2) is 81.5 Å². The number of allylic oxidation sites excluding steroid dienone is 1. The molecule has 0 bridgehead atoms. The summed E-state index contributed by atoms with van der Waals surface area (Å²) in [5, 5.41) is 27.5. The maximum absolute atomic E-state index is 11.9. The first-order chi connectivity index (χ1) is 21.4. The second-order valence-corrected chi connectivity index (χ2v) is 17.4. The third-order valence-electron chi connectivity index (χ3n) is 5.47. The Balaban J connectivity index is -0.000000287. The molecule has 0 rings (SSSR count). The molecule has 0 aliphatic rings. The molecule has 0 aliphatic heterocycles. The number of aliphatic hydroxyl groups is 1. The first-order valence-electron chi connectivity index (χ1n) is 16.0. The summed E-state index contributed by atoms with van der Waals surface area (Å²) in [6.07, 6.45) is 0. The van der Waals surface area contributed by atoms with Gasteiger partial charge in [0.1, 0.15) is 5.97 Å². The molecule has 3 atom stereocenters. The first-order valence-corrected chi connectivity index (χ1v) is 17.5. The summed E-state index contributed by atoms with van der Waals surface area (Å²) in [6, 6.07) is -1.18. The van der Waals surface area contributed by atoms with Crippen LogP contribution in [0, 0.1) is 16.7 Å². The number of carbonyl (C=O) groups is 5. The summed E-state index contributed by atoms with van der Waals surface area (Å²) >= 11 is 0. The van der Waals surface area contributed by atoms with Gasteiger partial charge < -0.3 is 45.3 Å². The number of hydrogen-bond donors (Lipinski definition) is 5. The highest BCUT2D eigenvalue weighted by Gasteiger charge is 2.31. The zero-order valence-corrected chi connectivity index (χ0v) is 33.8. The van der Waals surface area contributed by atoms with Crippen molar-refractivity contribution in [1.82, 2.24) is 16.0 Å². The van der Waals surface area contributed by atoms with E-state index in [4.69, 9.17) is 10.00 Å². The molecule has 49 heavy (non-hydrogen) atoms. The molecule has 0 aromatic heterocycles. The molecular formula is C34H66N3O11P-2. The number of hydrogen-bond acceptors (Lipinski definition) is 13. The van der Waals surface area contributed by atoms with E-state index in [1.54, 1.807) is 13.8 Å². The number of aliphatic hydroxyl groups excluding tert-OH is 1. The largest absolute Gasteiger partial charge is 0.756 e. The maximum Gasteiger partial charge on any atom is 0.265 e. The van der Waals surface area contributed by atoms with Crippen LogP contribution in [0.1, 0.15) is 118 Å². The molecular weight excluding hydrogens is 657 g/mol. The van der Waals surface area contributed by atoms with Gasteiger partial charge in [-0.1, -0.05) is 75.8 Å². The van der Waals surface area contributed by atoms with Crippen molar-refractivity contribution in [2.45, 2.75) is 147 Å². The molecule has 0 fully saturated rings. The van der Waals surface area contributed by atoms with Crippen LogP contribution in [0.15, 0.2) is 12.3 Å². The van der Waals surface area contributed by atoms with E-state index in [9.17, 15) is 38.5 Å². The lowest BCUT2D eigenvalue weighted by atomic mass is 9.86. The minimum absolute atomic E-state index is 0.0148. The Morgan fingerprint density at radius 2 is 1.22 bits per heavy atom. The first kappa shape index (κ1) is 53.5. The van der Waals surface area contributed by atoms with Crippen molar-refractivity contribution in [3.05, 3.63) is 12.3 Å². The predicted molar refractivity (Wildman–Crippen MR) is 188 cm³/mol. The summed E-state index contributed by atoms with van der Waals surface area (Å²) in [7, 11) is -4.78. The predicted octanol–water partition coefficient (Wildman–Crippen LogP) is 2.23. The molecule has 0 amide bonds. The van der Waals surface area contributed by atoms with Crippen LogP contribution < -0.4 is 26.0 Å². The van der Waals surface area contributed by atoms with Crippen LogP contribution in [0.25, 0.3) is 0 Å². The van der Waals surface area contributed by atoms with E-state index in [2.05, 4.69) is 27.1 Å². The van der Waals surface area contributed by atoms with Crippen molar-refractivity contribution in [1.29, 1.82) is 0 Å². The quantitative estimate of drug-likeness (QED) is 0.104. The normalized spacial score (nSPS) is 14.3. The van der Waals surface area contributed by atoms with E-state index >= 15 is 0 Å². The number of carboxylic acid groups (broad SMARTS) is 1. The zero-order chi connectivity index (χ0) is 40.5. The van der Waals surface area contributed by atoms with Gasteiger partial charge in [0.15, 0.2) is 23.1 Å². The molecule has 0 aliphatic carbocycles. The molecule has 0 spiro atoms. The molecule has 15 heteroatoms. The summed E-state index contributed by atoms with van der Waals surface area (Å²) in [5.41, 5.74) is -0.521. The molecule has 290 valence electrons.